The first kappa shape index (κ1) is 14.8. The molecule has 1 heterocycles. The summed E-state index contributed by atoms with van der Waals surface area (Å²) >= 11 is 3.44. The molecule has 0 aliphatic carbocycles. The Morgan fingerprint density at radius 2 is 2.10 bits per heavy atom. The van der Waals surface area contributed by atoms with Crippen molar-refractivity contribution in [3.63, 3.8) is 0 Å². The summed E-state index contributed by atoms with van der Waals surface area (Å²) in [5.74, 6) is 1.64. The molecule has 4 nitrogen and oxygen atoms in total. The van der Waals surface area contributed by atoms with E-state index in [-0.39, 0.29) is 0 Å². The Kier molecular flexibility index (Phi) is 4.98. The lowest BCUT2D eigenvalue weighted by Crippen LogP contribution is -2.03. The molecule has 0 spiro atoms. The normalized spacial score (nSPS) is 10.4. The van der Waals surface area contributed by atoms with Crippen LogP contribution >= 0.6 is 15.9 Å². The maximum Gasteiger partial charge on any atom is 0.130 e. The van der Waals surface area contributed by atoms with Crippen LogP contribution in [-0.2, 0) is 6.54 Å². The van der Waals surface area contributed by atoms with Gasteiger partial charge in [-0.15, -0.1) is 0 Å². The highest BCUT2D eigenvalue weighted by Crippen LogP contribution is 2.25. The van der Waals surface area contributed by atoms with Gasteiger partial charge in [0.15, 0.2) is 0 Å². The minimum absolute atomic E-state index is 0.442. The van der Waals surface area contributed by atoms with Crippen LogP contribution in [0.1, 0.15) is 18.2 Å². The summed E-state index contributed by atoms with van der Waals surface area (Å²) in [7, 11) is 0. The van der Waals surface area contributed by atoms with Gasteiger partial charge in [0.25, 0.3) is 0 Å². The Bertz CT molecular complexity index is 602. The lowest BCUT2D eigenvalue weighted by molar-refractivity contribution is 0.336. The molecule has 5 heteroatoms. The molecule has 0 radical (unpaired) electrons. The van der Waals surface area contributed by atoms with E-state index in [2.05, 4.69) is 26.2 Å². The molecule has 2 aromatic rings. The number of hydrogen-bond donors (Lipinski definition) is 2. The number of ether oxygens (including phenoxy) is 1. The van der Waals surface area contributed by atoms with Crippen molar-refractivity contribution in [1.29, 1.82) is 0 Å². The summed E-state index contributed by atoms with van der Waals surface area (Å²) in [5.41, 5.74) is 8.63. The summed E-state index contributed by atoms with van der Waals surface area (Å²) in [6.07, 6.45) is 0. The summed E-state index contributed by atoms with van der Waals surface area (Å²) in [6.45, 7) is 4.99. The van der Waals surface area contributed by atoms with Crippen molar-refractivity contribution < 1.29 is 4.74 Å². The zero-order chi connectivity index (χ0) is 14.5. The Morgan fingerprint density at radius 1 is 1.30 bits per heavy atom. The van der Waals surface area contributed by atoms with E-state index in [1.54, 1.807) is 0 Å². The Morgan fingerprint density at radius 3 is 2.75 bits per heavy atom. The molecule has 0 aliphatic heterocycles. The average molecular weight is 336 g/mol. The summed E-state index contributed by atoms with van der Waals surface area (Å²) in [5, 5.41) is 3.27. The van der Waals surface area contributed by atoms with Crippen molar-refractivity contribution in [3.05, 3.63) is 46.1 Å². The number of halogens is 1. The molecule has 1 aromatic heterocycles. The molecular formula is C15H18BrN3O. The second-order valence-electron chi connectivity index (χ2n) is 4.35. The van der Waals surface area contributed by atoms with E-state index < -0.39 is 0 Å². The molecule has 1 aromatic carbocycles. The van der Waals surface area contributed by atoms with Crippen molar-refractivity contribution >= 4 is 27.4 Å². The molecule has 106 valence electrons. The molecule has 3 N–H and O–H groups in total. The predicted octanol–water partition coefficient (Wildman–Crippen LogP) is 3.75. The Balaban J connectivity index is 2.22. The number of hydrogen-bond acceptors (Lipinski definition) is 4. The van der Waals surface area contributed by atoms with Gasteiger partial charge in [0.1, 0.15) is 11.6 Å². The van der Waals surface area contributed by atoms with Crippen LogP contribution in [-0.4, -0.2) is 11.6 Å². The van der Waals surface area contributed by atoms with E-state index >= 15 is 0 Å². The van der Waals surface area contributed by atoms with Gasteiger partial charge in [-0.05, 0) is 60.1 Å². The highest BCUT2D eigenvalue weighted by Gasteiger charge is 2.05. The molecule has 0 aliphatic rings. The van der Waals surface area contributed by atoms with Crippen LogP contribution in [0.5, 0.6) is 5.75 Å². The minimum atomic E-state index is 0.442. The maximum absolute atomic E-state index is 5.76. The van der Waals surface area contributed by atoms with E-state index in [0.29, 0.717) is 13.2 Å². The SMILES string of the molecule is CCOc1ccc(Nc2ccc(Br)c(C)n2)cc1CN. The van der Waals surface area contributed by atoms with Crippen LogP contribution in [0, 0.1) is 6.92 Å². The van der Waals surface area contributed by atoms with E-state index in [1.165, 1.54) is 0 Å². The minimum Gasteiger partial charge on any atom is -0.494 e. The Labute approximate surface area is 127 Å². The molecule has 2 rings (SSSR count). The van der Waals surface area contributed by atoms with Crippen LogP contribution in [0.25, 0.3) is 0 Å². The van der Waals surface area contributed by atoms with Crippen LogP contribution < -0.4 is 15.8 Å². The number of benzene rings is 1. The number of anilines is 2. The molecule has 0 saturated heterocycles. The predicted molar refractivity (Wildman–Crippen MR) is 85.5 cm³/mol. The first-order valence-corrected chi connectivity index (χ1v) is 7.29. The second kappa shape index (κ2) is 6.72. The average Bonchev–Trinajstić information content (AvgIpc) is 2.45. The van der Waals surface area contributed by atoms with E-state index in [4.69, 9.17) is 10.5 Å². The molecule has 0 fully saturated rings. The fraction of sp³-hybridized carbons (Fsp3) is 0.267. The maximum atomic E-state index is 5.76. The zero-order valence-electron chi connectivity index (χ0n) is 11.6. The van der Waals surface area contributed by atoms with Crippen molar-refractivity contribution in [2.45, 2.75) is 20.4 Å². The first-order chi connectivity index (χ1) is 9.63. The fourth-order valence-electron chi connectivity index (χ4n) is 1.87. The van der Waals surface area contributed by atoms with Gasteiger partial charge in [0.05, 0.1) is 12.3 Å². The van der Waals surface area contributed by atoms with Gasteiger partial charge in [-0.3, -0.25) is 0 Å². The van der Waals surface area contributed by atoms with Crippen molar-refractivity contribution in [2.24, 2.45) is 5.73 Å². The molecule has 0 unspecified atom stereocenters. The monoisotopic (exact) mass is 335 g/mol. The van der Waals surface area contributed by atoms with Crippen LogP contribution in [0.3, 0.4) is 0 Å². The topological polar surface area (TPSA) is 60.2 Å². The highest BCUT2D eigenvalue weighted by molar-refractivity contribution is 9.10. The van der Waals surface area contributed by atoms with E-state index in [0.717, 1.165) is 33.0 Å². The van der Waals surface area contributed by atoms with Crippen LogP contribution in [0.2, 0.25) is 0 Å². The summed E-state index contributed by atoms with van der Waals surface area (Å²) in [4.78, 5) is 4.46. The third kappa shape index (κ3) is 3.49. The molecular weight excluding hydrogens is 318 g/mol. The number of aromatic nitrogens is 1. The van der Waals surface area contributed by atoms with Gasteiger partial charge < -0.3 is 15.8 Å². The Hall–Kier alpha value is -1.59. The molecule has 0 amide bonds. The van der Waals surface area contributed by atoms with Crippen LogP contribution in [0.15, 0.2) is 34.8 Å². The van der Waals surface area contributed by atoms with Gasteiger partial charge in [0.2, 0.25) is 0 Å². The van der Waals surface area contributed by atoms with Crippen molar-refractivity contribution in [3.8, 4) is 5.75 Å². The number of rotatable bonds is 5. The van der Waals surface area contributed by atoms with Crippen molar-refractivity contribution in [2.75, 3.05) is 11.9 Å². The fourth-order valence-corrected chi connectivity index (χ4v) is 2.10. The highest BCUT2D eigenvalue weighted by atomic mass is 79.9. The number of aryl methyl sites for hydroxylation is 1. The van der Waals surface area contributed by atoms with Gasteiger partial charge >= 0.3 is 0 Å². The number of pyridine rings is 1. The molecule has 0 bridgehead atoms. The second-order valence-corrected chi connectivity index (χ2v) is 5.20. The van der Waals surface area contributed by atoms with Gasteiger partial charge in [-0.1, -0.05) is 0 Å². The third-order valence-electron chi connectivity index (χ3n) is 2.87. The van der Waals surface area contributed by atoms with E-state index in [9.17, 15) is 0 Å². The number of nitrogens with one attached hydrogen (secondary N) is 1. The standard InChI is InChI=1S/C15H18BrN3O/c1-3-20-14-6-4-12(8-11(14)9-17)19-15-7-5-13(16)10(2)18-15/h4-8H,3,9,17H2,1-2H3,(H,18,19). The largest absolute Gasteiger partial charge is 0.494 e. The lowest BCUT2D eigenvalue weighted by Gasteiger charge is -2.12. The van der Waals surface area contributed by atoms with Gasteiger partial charge in [-0.2, -0.15) is 0 Å². The first-order valence-electron chi connectivity index (χ1n) is 6.50. The molecule has 20 heavy (non-hydrogen) atoms. The summed E-state index contributed by atoms with van der Waals surface area (Å²) < 4.78 is 6.54. The lowest BCUT2D eigenvalue weighted by atomic mass is 10.1. The van der Waals surface area contributed by atoms with Gasteiger partial charge in [0, 0.05) is 22.3 Å². The third-order valence-corrected chi connectivity index (χ3v) is 3.71. The van der Waals surface area contributed by atoms with Crippen molar-refractivity contribution in [1.82, 2.24) is 4.98 Å². The smallest absolute Gasteiger partial charge is 0.130 e. The number of nitrogens with two attached hydrogens (primary N) is 1. The quantitative estimate of drug-likeness (QED) is 0.873. The van der Waals surface area contributed by atoms with Gasteiger partial charge in [-0.25, -0.2) is 4.98 Å². The zero-order valence-corrected chi connectivity index (χ0v) is 13.2. The molecule has 0 atom stereocenters. The van der Waals surface area contributed by atoms with E-state index in [1.807, 2.05) is 44.2 Å². The summed E-state index contributed by atoms with van der Waals surface area (Å²) in [6, 6.07) is 9.78. The molecule has 0 saturated carbocycles. The number of nitrogens with zero attached hydrogens (tertiary/aromatic N) is 1. The van der Waals surface area contributed by atoms with Crippen LogP contribution in [0.4, 0.5) is 11.5 Å².